The maximum Gasteiger partial charge on any atom is 0.0910 e. The van der Waals surface area contributed by atoms with Crippen molar-refractivity contribution in [2.45, 2.75) is 32.2 Å². The minimum Gasteiger partial charge on any atom is -0.303 e. The van der Waals surface area contributed by atoms with Gasteiger partial charge in [-0.25, -0.2) is 0 Å². The molecule has 0 fully saturated rings. The highest BCUT2D eigenvalue weighted by molar-refractivity contribution is 5.53. The van der Waals surface area contributed by atoms with Crippen LogP contribution in [0.2, 0.25) is 0 Å². The molecule has 1 aliphatic rings. The molecule has 0 saturated heterocycles. The van der Waals surface area contributed by atoms with E-state index in [1.165, 1.54) is 33.4 Å². The number of hydrogen-bond acceptors (Lipinski definition) is 1. The van der Waals surface area contributed by atoms with Crippen molar-refractivity contribution in [3.63, 3.8) is 0 Å². The van der Waals surface area contributed by atoms with Gasteiger partial charge in [-0.3, -0.25) is 0 Å². The van der Waals surface area contributed by atoms with Crippen LogP contribution in [0.4, 0.5) is 0 Å². The zero-order valence-electron chi connectivity index (χ0n) is 15.5. The second kappa shape index (κ2) is 7.25. The normalized spacial score (nSPS) is 16.6. The number of allylic oxidation sites excluding steroid dienone is 4. The fourth-order valence-corrected chi connectivity index (χ4v) is 3.89. The van der Waals surface area contributed by atoms with E-state index in [0.717, 1.165) is 12.8 Å². The topological polar surface area (TPSA) is 12.0 Å². The van der Waals surface area contributed by atoms with E-state index in [-0.39, 0.29) is 5.54 Å². The Bertz CT molecular complexity index is 823. The summed E-state index contributed by atoms with van der Waals surface area (Å²) < 4.78 is 0. The molecule has 1 unspecified atom stereocenters. The molecule has 0 aliphatic heterocycles. The maximum atomic E-state index is 3.92. The molecule has 0 amide bonds. The molecule has 25 heavy (non-hydrogen) atoms. The van der Waals surface area contributed by atoms with Gasteiger partial charge in [-0.1, -0.05) is 78.9 Å². The van der Waals surface area contributed by atoms with Crippen LogP contribution in [-0.2, 0) is 5.54 Å². The second-order valence-corrected chi connectivity index (χ2v) is 6.82. The molecule has 2 aromatic rings. The van der Waals surface area contributed by atoms with Crippen LogP contribution in [0.5, 0.6) is 0 Å². The summed E-state index contributed by atoms with van der Waals surface area (Å²) in [5, 5.41) is 3.69. The Labute approximate surface area is 151 Å². The summed E-state index contributed by atoms with van der Waals surface area (Å²) in [6, 6.07) is 17.6. The van der Waals surface area contributed by atoms with Crippen LogP contribution < -0.4 is 5.32 Å². The molecule has 0 spiro atoms. The summed E-state index contributed by atoms with van der Waals surface area (Å²) in [5.74, 6) is 0. The lowest BCUT2D eigenvalue weighted by molar-refractivity contribution is 0.490. The Morgan fingerprint density at radius 2 is 1.68 bits per heavy atom. The number of nitrogens with one attached hydrogen (secondary N) is 1. The molecule has 1 aliphatic carbocycles. The molecular weight excluding hydrogens is 302 g/mol. The average Bonchev–Trinajstić information content (AvgIpc) is 2.66. The number of likely N-dealkylation sites (N-methyl/N-ethyl adjacent to an activating group) is 1. The van der Waals surface area contributed by atoms with Gasteiger partial charge < -0.3 is 5.32 Å². The van der Waals surface area contributed by atoms with Gasteiger partial charge in [0.2, 0.25) is 0 Å². The number of aryl methyl sites for hydroxylation is 2. The molecule has 0 heterocycles. The summed E-state index contributed by atoms with van der Waals surface area (Å²) in [6.07, 6.45) is 8.53. The van der Waals surface area contributed by atoms with Crippen molar-refractivity contribution in [2.24, 2.45) is 0 Å². The van der Waals surface area contributed by atoms with Crippen LogP contribution in [0, 0.1) is 13.8 Å². The summed E-state index contributed by atoms with van der Waals surface area (Å²) in [6.45, 7) is 8.25. The van der Waals surface area contributed by atoms with E-state index >= 15 is 0 Å². The third-order valence-corrected chi connectivity index (χ3v) is 5.33. The van der Waals surface area contributed by atoms with E-state index in [2.05, 4.69) is 93.5 Å². The average molecular weight is 329 g/mol. The minimum atomic E-state index is -0.303. The van der Waals surface area contributed by atoms with Crippen LogP contribution in [0.1, 0.15) is 35.1 Å². The van der Waals surface area contributed by atoms with E-state index in [0.29, 0.717) is 0 Å². The molecular formula is C24H27N. The Balaban J connectivity index is 2.26. The lowest BCUT2D eigenvalue weighted by atomic mass is 9.72. The molecule has 0 aromatic heterocycles. The molecule has 1 nitrogen and oxygen atoms in total. The van der Waals surface area contributed by atoms with Gasteiger partial charge in [0.25, 0.3) is 0 Å². The van der Waals surface area contributed by atoms with Gasteiger partial charge in [0.05, 0.1) is 5.54 Å². The first-order valence-corrected chi connectivity index (χ1v) is 8.96. The highest BCUT2D eigenvalue weighted by atomic mass is 14.9. The standard InChI is InChI=1S/C24H27N/c1-5-20-12-16-22(17-13-20)24(25-4,21-14-10-18(2)11-15-21)23-9-7-6-8-19(23)3/h5-12,14-16,25H,1,13,17H2,2-4H3. The second-order valence-electron chi connectivity index (χ2n) is 6.82. The summed E-state index contributed by atoms with van der Waals surface area (Å²) in [7, 11) is 2.07. The van der Waals surface area contributed by atoms with E-state index in [1.54, 1.807) is 0 Å². The van der Waals surface area contributed by atoms with Gasteiger partial charge in [-0.15, -0.1) is 0 Å². The first-order valence-electron chi connectivity index (χ1n) is 8.96. The van der Waals surface area contributed by atoms with Crippen molar-refractivity contribution in [3.8, 4) is 0 Å². The van der Waals surface area contributed by atoms with Gasteiger partial charge in [0.1, 0.15) is 0 Å². The molecule has 1 atom stereocenters. The highest BCUT2D eigenvalue weighted by Crippen LogP contribution is 2.42. The van der Waals surface area contributed by atoms with E-state index in [1.807, 2.05) is 6.08 Å². The fourth-order valence-electron chi connectivity index (χ4n) is 3.89. The SMILES string of the molecule is C=CC1=CC=C(C(NC)(c2ccc(C)cc2)c2ccccc2C)CC1. The maximum absolute atomic E-state index is 3.92. The molecule has 3 rings (SSSR count). The van der Waals surface area contributed by atoms with Gasteiger partial charge >= 0.3 is 0 Å². The van der Waals surface area contributed by atoms with Crippen LogP contribution in [0.3, 0.4) is 0 Å². The summed E-state index contributed by atoms with van der Waals surface area (Å²) >= 11 is 0. The predicted octanol–water partition coefficient (Wildman–Crippen LogP) is 5.60. The van der Waals surface area contributed by atoms with Crippen molar-refractivity contribution >= 4 is 0 Å². The Kier molecular flexibility index (Phi) is 5.06. The molecule has 0 bridgehead atoms. The Morgan fingerprint density at radius 3 is 2.24 bits per heavy atom. The summed E-state index contributed by atoms with van der Waals surface area (Å²) in [5.41, 5.74) is 7.60. The quantitative estimate of drug-likeness (QED) is 0.753. The van der Waals surface area contributed by atoms with Crippen molar-refractivity contribution in [1.82, 2.24) is 5.32 Å². The lowest BCUT2D eigenvalue weighted by Gasteiger charge is -2.39. The van der Waals surface area contributed by atoms with Crippen LogP contribution in [0.15, 0.2) is 84.5 Å². The van der Waals surface area contributed by atoms with Gasteiger partial charge in [0, 0.05) is 0 Å². The zero-order valence-corrected chi connectivity index (χ0v) is 15.5. The zero-order chi connectivity index (χ0) is 17.9. The van der Waals surface area contributed by atoms with Crippen LogP contribution in [-0.4, -0.2) is 7.05 Å². The molecule has 1 N–H and O–H groups in total. The van der Waals surface area contributed by atoms with Crippen molar-refractivity contribution in [2.75, 3.05) is 7.05 Å². The fraction of sp³-hybridized carbons (Fsp3) is 0.250. The van der Waals surface area contributed by atoms with E-state index in [9.17, 15) is 0 Å². The molecule has 0 saturated carbocycles. The van der Waals surface area contributed by atoms with E-state index in [4.69, 9.17) is 0 Å². The van der Waals surface area contributed by atoms with Gasteiger partial charge in [-0.05, 0) is 61.6 Å². The van der Waals surface area contributed by atoms with Crippen molar-refractivity contribution in [1.29, 1.82) is 0 Å². The van der Waals surface area contributed by atoms with Crippen LogP contribution in [0.25, 0.3) is 0 Å². The number of benzene rings is 2. The van der Waals surface area contributed by atoms with Gasteiger partial charge in [-0.2, -0.15) is 0 Å². The minimum absolute atomic E-state index is 0.303. The number of rotatable bonds is 5. The highest BCUT2D eigenvalue weighted by Gasteiger charge is 2.37. The smallest absolute Gasteiger partial charge is 0.0910 e. The summed E-state index contributed by atoms with van der Waals surface area (Å²) in [4.78, 5) is 0. The molecule has 1 heteroatoms. The van der Waals surface area contributed by atoms with Crippen molar-refractivity contribution in [3.05, 3.63) is 107 Å². The molecule has 128 valence electrons. The number of hydrogen-bond donors (Lipinski definition) is 1. The molecule has 0 radical (unpaired) electrons. The first kappa shape index (κ1) is 17.4. The Hall–Kier alpha value is -2.38. The third-order valence-electron chi connectivity index (χ3n) is 5.33. The monoisotopic (exact) mass is 329 g/mol. The third kappa shape index (κ3) is 3.12. The van der Waals surface area contributed by atoms with Gasteiger partial charge in [0.15, 0.2) is 0 Å². The van der Waals surface area contributed by atoms with E-state index < -0.39 is 0 Å². The Morgan fingerprint density at radius 1 is 0.960 bits per heavy atom. The lowest BCUT2D eigenvalue weighted by Crippen LogP contribution is -2.44. The molecule has 2 aromatic carbocycles. The van der Waals surface area contributed by atoms with Crippen LogP contribution >= 0.6 is 0 Å². The largest absolute Gasteiger partial charge is 0.303 e. The first-order chi connectivity index (χ1) is 12.1. The van der Waals surface area contributed by atoms with Crippen molar-refractivity contribution < 1.29 is 0 Å². The predicted molar refractivity (Wildman–Crippen MR) is 108 cm³/mol.